The molecule has 5 rings (SSSR count). The number of fused-ring (bicyclic) bond motifs is 1. The van der Waals surface area contributed by atoms with Gasteiger partial charge in [0, 0.05) is 23.9 Å². The Kier molecular flexibility index (Phi) is 4.76. The van der Waals surface area contributed by atoms with E-state index in [0.717, 1.165) is 39.3 Å². The summed E-state index contributed by atoms with van der Waals surface area (Å²) in [6.07, 6.45) is 1.47. The molecule has 0 unspecified atom stereocenters. The summed E-state index contributed by atoms with van der Waals surface area (Å²) < 4.78 is 5.80. The van der Waals surface area contributed by atoms with Crippen LogP contribution < -0.4 is 0 Å². The molecule has 0 radical (unpaired) electrons. The monoisotopic (exact) mass is 423 g/mol. The first kappa shape index (κ1) is 18.3. The highest BCUT2D eigenvalue weighted by Crippen LogP contribution is 2.40. The van der Waals surface area contributed by atoms with Gasteiger partial charge in [-0.05, 0) is 30.7 Å². The molecule has 3 aromatic heterocycles. The maximum Gasteiger partial charge on any atom is 0.283 e. The fourth-order valence-corrected chi connectivity index (χ4v) is 5.30. The maximum atomic E-state index is 11.8. The second-order valence-corrected chi connectivity index (χ2v) is 8.55. The fourth-order valence-electron chi connectivity index (χ4n) is 3.38. The van der Waals surface area contributed by atoms with E-state index in [-0.39, 0.29) is 5.91 Å². The maximum absolute atomic E-state index is 11.8. The quantitative estimate of drug-likeness (QED) is 0.442. The van der Waals surface area contributed by atoms with E-state index in [9.17, 15) is 4.79 Å². The Morgan fingerprint density at radius 2 is 2.07 bits per heavy atom. The molecule has 1 saturated heterocycles. The lowest BCUT2D eigenvalue weighted by molar-refractivity contribution is -0.128. The zero-order valence-corrected chi connectivity index (χ0v) is 17.3. The number of carbonyl (C=O) groups excluding carboxylic acids is 1. The topological polar surface area (TPSA) is 85.0 Å². The highest BCUT2D eigenvalue weighted by Gasteiger charge is 2.23. The summed E-state index contributed by atoms with van der Waals surface area (Å²) in [4.78, 5) is 23.7. The lowest BCUT2D eigenvalue weighted by Gasteiger charge is -2.11. The Bertz CT molecular complexity index is 1190. The molecule has 0 saturated carbocycles. The minimum atomic E-state index is 0.135. The normalized spacial score (nSPS) is 14.2. The van der Waals surface area contributed by atoms with Crippen molar-refractivity contribution in [2.45, 2.75) is 36.6 Å². The number of hydrogen-bond acceptors (Lipinski definition) is 8. The first-order valence-electron chi connectivity index (χ1n) is 9.26. The van der Waals surface area contributed by atoms with Crippen LogP contribution in [-0.4, -0.2) is 37.5 Å². The second-order valence-electron chi connectivity index (χ2n) is 6.75. The summed E-state index contributed by atoms with van der Waals surface area (Å²) in [5, 5.41) is 12.6. The number of carbonyl (C=O) groups is 1. The molecule has 1 fully saturated rings. The van der Waals surface area contributed by atoms with Crippen LogP contribution in [0.1, 0.15) is 24.6 Å². The molecule has 4 heterocycles. The van der Waals surface area contributed by atoms with Gasteiger partial charge in [-0.15, -0.1) is 21.5 Å². The summed E-state index contributed by atoms with van der Waals surface area (Å²) in [5.74, 6) is 1.28. The molecule has 0 spiro atoms. The highest BCUT2D eigenvalue weighted by atomic mass is 32.2. The molecular weight excluding hydrogens is 406 g/mol. The van der Waals surface area contributed by atoms with Gasteiger partial charge in [-0.25, -0.2) is 9.97 Å². The summed E-state index contributed by atoms with van der Waals surface area (Å²) >= 11 is 2.94. The Morgan fingerprint density at radius 3 is 2.86 bits per heavy atom. The minimum Gasteiger partial charge on any atom is -0.414 e. The van der Waals surface area contributed by atoms with E-state index in [1.54, 1.807) is 16.2 Å². The van der Waals surface area contributed by atoms with E-state index in [1.165, 1.54) is 11.8 Å². The van der Waals surface area contributed by atoms with Crippen molar-refractivity contribution < 1.29 is 9.21 Å². The molecule has 1 aliphatic rings. The molecule has 1 aromatic carbocycles. The first-order valence-corrected chi connectivity index (χ1v) is 11.0. The molecule has 4 aromatic rings. The van der Waals surface area contributed by atoms with Crippen LogP contribution in [0.3, 0.4) is 0 Å². The predicted molar refractivity (Wildman–Crippen MR) is 111 cm³/mol. The van der Waals surface area contributed by atoms with Crippen molar-refractivity contribution in [3.05, 3.63) is 47.4 Å². The van der Waals surface area contributed by atoms with Gasteiger partial charge in [0.25, 0.3) is 5.22 Å². The molecule has 0 bridgehead atoms. The zero-order valence-electron chi connectivity index (χ0n) is 15.7. The number of nitrogens with zero attached hydrogens (tertiary/aromatic N) is 5. The molecule has 0 aliphatic carbocycles. The molecule has 1 aliphatic heterocycles. The summed E-state index contributed by atoms with van der Waals surface area (Å²) in [7, 11) is 0. The third-order valence-electron chi connectivity index (χ3n) is 4.73. The standard InChI is InChI=1S/C20H17N5O2S2/c1-12-21-18-17(14(11-28-18)13-6-3-2-4-7-13)19(22-12)29-20-24-23-15(27-20)10-25-9-5-8-16(25)26/h2-4,6-7,11H,5,8-10H2,1H3. The van der Waals surface area contributed by atoms with Gasteiger partial charge in [0.2, 0.25) is 11.8 Å². The Hall–Kier alpha value is -2.78. The first-order chi connectivity index (χ1) is 14.2. The predicted octanol–water partition coefficient (Wildman–Crippen LogP) is 4.32. The Labute approximate surface area is 175 Å². The lowest BCUT2D eigenvalue weighted by Crippen LogP contribution is -2.23. The van der Waals surface area contributed by atoms with Crippen LogP contribution in [0, 0.1) is 6.92 Å². The average molecular weight is 424 g/mol. The van der Waals surface area contributed by atoms with Crippen molar-refractivity contribution in [1.82, 2.24) is 25.1 Å². The van der Waals surface area contributed by atoms with Gasteiger partial charge < -0.3 is 9.32 Å². The van der Waals surface area contributed by atoms with Crippen molar-refractivity contribution in [3.63, 3.8) is 0 Å². The van der Waals surface area contributed by atoms with Crippen LogP contribution in [0.2, 0.25) is 0 Å². The summed E-state index contributed by atoms with van der Waals surface area (Å²) in [6.45, 7) is 2.98. The second kappa shape index (κ2) is 7.57. The lowest BCUT2D eigenvalue weighted by atomic mass is 10.1. The van der Waals surface area contributed by atoms with E-state index in [1.807, 2.05) is 25.1 Å². The van der Waals surface area contributed by atoms with Crippen LogP contribution in [0.4, 0.5) is 0 Å². The molecule has 146 valence electrons. The number of rotatable bonds is 5. The van der Waals surface area contributed by atoms with Gasteiger partial charge in [-0.3, -0.25) is 4.79 Å². The van der Waals surface area contributed by atoms with E-state index < -0.39 is 0 Å². The van der Waals surface area contributed by atoms with Crippen LogP contribution in [0.25, 0.3) is 21.3 Å². The Balaban J connectivity index is 1.47. The largest absolute Gasteiger partial charge is 0.414 e. The van der Waals surface area contributed by atoms with Crippen molar-refractivity contribution >= 4 is 39.2 Å². The third kappa shape index (κ3) is 3.63. The summed E-state index contributed by atoms with van der Waals surface area (Å²) in [6, 6.07) is 10.2. The van der Waals surface area contributed by atoms with Crippen LogP contribution in [0.5, 0.6) is 0 Å². The number of hydrogen-bond donors (Lipinski definition) is 0. The number of likely N-dealkylation sites (tertiary alicyclic amines) is 1. The molecule has 9 heteroatoms. The number of aryl methyl sites for hydroxylation is 1. The minimum absolute atomic E-state index is 0.135. The molecule has 1 amide bonds. The zero-order chi connectivity index (χ0) is 19.8. The van der Waals surface area contributed by atoms with E-state index in [0.29, 0.717) is 29.9 Å². The fraction of sp³-hybridized carbons (Fsp3) is 0.250. The van der Waals surface area contributed by atoms with Crippen molar-refractivity contribution in [1.29, 1.82) is 0 Å². The van der Waals surface area contributed by atoms with E-state index in [4.69, 9.17) is 4.42 Å². The van der Waals surface area contributed by atoms with E-state index in [2.05, 4.69) is 37.7 Å². The van der Waals surface area contributed by atoms with Gasteiger partial charge >= 0.3 is 0 Å². The Morgan fingerprint density at radius 1 is 1.21 bits per heavy atom. The number of amides is 1. The van der Waals surface area contributed by atoms with E-state index >= 15 is 0 Å². The van der Waals surface area contributed by atoms with Crippen molar-refractivity contribution in [2.24, 2.45) is 0 Å². The van der Waals surface area contributed by atoms with Gasteiger partial charge in [0.15, 0.2) is 0 Å². The number of aromatic nitrogens is 4. The molecule has 29 heavy (non-hydrogen) atoms. The van der Waals surface area contributed by atoms with Gasteiger partial charge in [-0.2, -0.15) is 0 Å². The van der Waals surface area contributed by atoms with Gasteiger partial charge in [0.1, 0.15) is 15.7 Å². The molecule has 0 atom stereocenters. The SMILES string of the molecule is Cc1nc(Sc2nnc(CN3CCCC3=O)o2)c2c(-c3ccccc3)csc2n1. The van der Waals surface area contributed by atoms with Gasteiger partial charge in [-0.1, -0.05) is 30.3 Å². The highest BCUT2D eigenvalue weighted by molar-refractivity contribution is 7.99. The van der Waals surface area contributed by atoms with Crippen LogP contribution in [-0.2, 0) is 11.3 Å². The number of benzene rings is 1. The van der Waals surface area contributed by atoms with Crippen molar-refractivity contribution in [2.75, 3.05) is 6.54 Å². The smallest absolute Gasteiger partial charge is 0.283 e. The van der Waals surface area contributed by atoms with Crippen molar-refractivity contribution in [3.8, 4) is 11.1 Å². The van der Waals surface area contributed by atoms with Gasteiger partial charge in [0.05, 0.1) is 11.9 Å². The van der Waals surface area contributed by atoms with Crippen LogP contribution in [0.15, 0.2) is 50.4 Å². The molecular formula is C20H17N5O2S2. The molecule has 0 N–H and O–H groups in total. The van der Waals surface area contributed by atoms with Crippen LogP contribution >= 0.6 is 23.1 Å². The average Bonchev–Trinajstić information content (AvgIpc) is 3.44. The molecule has 7 nitrogen and oxygen atoms in total. The summed E-state index contributed by atoms with van der Waals surface area (Å²) in [5.41, 5.74) is 2.21. The third-order valence-corrected chi connectivity index (χ3v) is 6.43. The number of thiophene rings is 1.